The molecular formula is C17H23ClN4O5S. The van der Waals surface area contributed by atoms with Crippen LogP contribution in [0.25, 0.3) is 0 Å². The number of likely N-dealkylation sites (N-methyl/N-ethyl adjacent to an activating group) is 1. The van der Waals surface area contributed by atoms with Crippen molar-refractivity contribution in [3.05, 3.63) is 29.3 Å². The number of carbonyl (C=O) groups excluding carboxylic acids is 3. The Morgan fingerprint density at radius 3 is 2.64 bits per heavy atom. The molecule has 3 amide bonds. The zero-order chi connectivity index (χ0) is 20.7. The van der Waals surface area contributed by atoms with Crippen LogP contribution < -0.4 is 15.4 Å². The van der Waals surface area contributed by atoms with Crippen LogP contribution in [0.5, 0.6) is 0 Å². The smallest absolute Gasteiger partial charge is 0.242 e. The number of nitrogens with one attached hydrogen (secondary N) is 3. The molecule has 1 aromatic carbocycles. The van der Waals surface area contributed by atoms with E-state index in [1.165, 1.54) is 24.1 Å². The number of amides is 3. The van der Waals surface area contributed by atoms with Crippen molar-refractivity contribution in [2.24, 2.45) is 0 Å². The lowest BCUT2D eigenvalue weighted by molar-refractivity contribution is -0.138. The molecule has 28 heavy (non-hydrogen) atoms. The number of sulfonamides is 1. The monoisotopic (exact) mass is 430 g/mol. The molecule has 1 heterocycles. The quantitative estimate of drug-likeness (QED) is 0.529. The second-order valence-electron chi connectivity index (χ2n) is 6.21. The Morgan fingerprint density at radius 1 is 1.25 bits per heavy atom. The molecule has 0 radical (unpaired) electrons. The van der Waals surface area contributed by atoms with Crippen LogP contribution in [0.15, 0.2) is 29.2 Å². The van der Waals surface area contributed by atoms with Crippen molar-refractivity contribution in [2.75, 3.05) is 26.7 Å². The molecule has 0 aliphatic carbocycles. The Kier molecular flexibility index (Phi) is 7.78. The van der Waals surface area contributed by atoms with E-state index in [2.05, 4.69) is 15.4 Å². The summed E-state index contributed by atoms with van der Waals surface area (Å²) in [7, 11) is -2.32. The molecule has 0 aromatic heterocycles. The van der Waals surface area contributed by atoms with Gasteiger partial charge >= 0.3 is 0 Å². The molecule has 11 heteroatoms. The lowest BCUT2D eigenvalue weighted by atomic mass is 10.2. The number of likely N-dealkylation sites (tertiary alicyclic amines) is 1. The fraction of sp³-hybridized carbons (Fsp3) is 0.471. The molecule has 0 bridgehead atoms. The van der Waals surface area contributed by atoms with Gasteiger partial charge in [-0.3, -0.25) is 14.4 Å². The summed E-state index contributed by atoms with van der Waals surface area (Å²) in [5.74, 6) is -1.06. The van der Waals surface area contributed by atoms with E-state index in [-0.39, 0.29) is 41.2 Å². The summed E-state index contributed by atoms with van der Waals surface area (Å²) in [5, 5.41) is 5.06. The third kappa shape index (κ3) is 5.66. The van der Waals surface area contributed by atoms with Crippen LogP contribution in [-0.2, 0) is 24.4 Å². The number of hydrogen-bond acceptors (Lipinski definition) is 5. The first-order valence-electron chi connectivity index (χ1n) is 8.78. The first-order chi connectivity index (χ1) is 13.3. The normalized spacial score (nSPS) is 16.6. The Balaban J connectivity index is 1.78. The van der Waals surface area contributed by atoms with Gasteiger partial charge in [-0.05, 0) is 25.0 Å². The van der Waals surface area contributed by atoms with Gasteiger partial charge in [-0.25, -0.2) is 13.1 Å². The number of rotatable bonds is 8. The maximum atomic E-state index is 12.2. The van der Waals surface area contributed by atoms with Gasteiger partial charge in [0, 0.05) is 26.6 Å². The number of halogens is 1. The third-order valence-electron chi connectivity index (χ3n) is 4.33. The highest BCUT2D eigenvalue weighted by Gasteiger charge is 2.33. The van der Waals surface area contributed by atoms with Crippen molar-refractivity contribution in [2.45, 2.75) is 30.2 Å². The Hall–Kier alpha value is -2.17. The molecule has 2 rings (SSSR count). The minimum Gasteiger partial charge on any atom is -0.357 e. The van der Waals surface area contributed by atoms with Crippen molar-refractivity contribution in [3.63, 3.8) is 0 Å². The SMILES string of the molecule is CNC(=O)C1CCCN1C(=O)CNC(=O)CCNS(=O)(=O)c1ccccc1Cl. The predicted molar refractivity (Wildman–Crippen MR) is 103 cm³/mol. The van der Waals surface area contributed by atoms with Crippen LogP contribution >= 0.6 is 11.6 Å². The van der Waals surface area contributed by atoms with Gasteiger partial charge in [0.15, 0.2) is 0 Å². The summed E-state index contributed by atoms with van der Waals surface area (Å²) >= 11 is 5.87. The fourth-order valence-corrected chi connectivity index (χ4v) is 4.46. The summed E-state index contributed by atoms with van der Waals surface area (Å²) in [5.41, 5.74) is 0. The second kappa shape index (κ2) is 9.85. The van der Waals surface area contributed by atoms with Crippen molar-refractivity contribution in [3.8, 4) is 0 Å². The van der Waals surface area contributed by atoms with Gasteiger partial charge in [-0.1, -0.05) is 23.7 Å². The lowest BCUT2D eigenvalue weighted by Gasteiger charge is -2.23. The Labute approximate surface area is 168 Å². The Morgan fingerprint density at radius 2 is 1.96 bits per heavy atom. The number of carbonyl (C=O) groups is 3. The van der Waals surface area contributed by atoms with Crippen LogP contribution in [0, 0.1) is 0 Å². The molecule has 3 N–H and O–H groups in total. The van der Waals surface area contributed by atoms with E-state index in [1.807, 2.05) is 0 Å². The molecule has 1 unspecified atom stereocenters. The van der Waals surface area contributed by atoms with Crippen LogP contribution in [0.3, 0.4) is 0 Å². The van der Waals surface area contributed by atoms with E-state index in [4.69, 9.17) is 11.6 Å². The molecule has 1 fully saturated rings. The van der Waals surface area contributed by atoms with Gasteiger partial charge in [0.1, 0.15) is 10.9 Å². The summed E-state index contributed by atoms with van der Waals surface area (Å²) in [4.78, 5) is 37.3. The molecule has 0 spiro atoms. The number of hydrogen-bond donors (Lipinski definition) is 3. The summed E-state index contributed by atoms with van der Waals surface area (Å²) in [6.07, 6.45) is 1.17. The molecule has 1 atom stereocenters. The standard InChI is InChI=1S/C17H23ClN4O5S/c1-19-17(25)13-6-4-10-22(13)16(24)11-20-15(23)8-9-21-28(26,27)14-7-3-2-5-12(14)18/h2-3,5,7,13,21H,4,6,8-11H2,1H3,(H,19,25)(H,20,23). The summed E-state index contributed by atoms with van der Waals surface area (Å²) in [6, 6.07) is 5.46. The minimum atomic E-state index is -3.83. The van der Waals surface area contributed by atoms with Gasteiger partial charge in [-0.15, -0.1) is 0 Å². The Bertz CT molecular complexity index is 846. The highest BCUT2D eigenvalue weighted by molar-refractivity contribution is 7.89. The van der Waals surface area contributed by atoms with Gasteiger partial charge in [-0.2, -0.15) is 0 Å². The highest BCUT2D eigenvalue weighted by Crippen LogP contribution is 2.20. The van der Waals surface area contributed by atoms with E-state index >= 15 is 0 Å². The molecule has 154 valence electrons. The van der Waals surface area contributed by atoms with Gasteiger partial charge in [0.05, 0.1) is 11.6 Å². The third-order valence-corrected chi connectivity index (χ3v) is 6.29. The zero-order valence-electron chi connectivity index (χ0n) is 15.4. The number of nitrogens with zero attached hydrogens (tertiary/aromatic N) is 1. The largest absolute Gasteiger partial charge is 0.357 e. The van der Waals surface area contributed by atoms with Crippen molar-refractivity contribution < 1.29 is 22.8 Å². The van der Waals surface area contributed by atoms with Crippen molar-refractivity contribution in [1.82, 2.24) is 20.3 Å². The average molecular weight is 431 g/mol. The zero-order valence-corrected chi connectivity index (χ0v) is 17.0. The lowest BCUT2D eigenvalue weighted by Crippen LogP contribution is -2.48. The van der Waals surface area contributed by atoms with E-state index in [0.717, 1.165) is 6.42 Å². The van der Waals surface area contributed by atoms with Crippen molar-refractivity contribution in [1.29, 1.82) is 0 Å². The van der Waals surface area contributed by atoms with E-state index in [9.17, 15) is 22.8 Å². The van der Waals surface area contributed by atoms with Gasteiger partial charge in [0.2, 0.25) is 27.7 Å². The molecule has 1 aliphatic heterocycles. The van der Waals surface area contributed by atoms with E-state index in [0.29, 0.717) is 13.0 Å². The fourth-order valence-electron chi connectivity index (χ4n) is 2.91. The highest BCUT2D eigenvalue weighted by atomic mass is 35.5. The minimum absolute atomic E-state index is 0.0680. The summed E-state index contributed by atoms with van der Waals surface area (Å²) in [6.45, 7) is 0.0756. The molecule has 0 saturated carbocycles. The summed E-state index contributed by atoms with van der Waals surface area (Å²) < 4.78 is 26.7. The van der Waals surface area contributed by atoms with Crippen LogP contribution in [-0.4, -0.2) is 63.8 Å². The maximum absolute atomic E-state index is 12.2. The molecule has 1 saturated heterocycles. The topological polar surface area (TPSA) is 125 Å². The first kappa shape index (κ1) is 22.1. The average Bonchev–Trinajstić information content (AvgIpc) is 3.15. The molecular weight excluding hydrogens is 408 g/mol. The first-order valence-corrected chi connectivity index (χ1v) is 10.6. The van der Waals surface area contributed by atoms with Crippen LogP contribution in [0.1, 0.15) is 19.3 Å². The maximum Gasteiger partial charge on any atom is 0.242 e. The predicted octanol–water partition coefficient (Wildman–Crippen LogP) is -0.138. The van der Waals surface area contributed by atoms with E-state index in [1.54, 1.807) is 12.1 Å². The van der Waals surface area contributed by atoms with Crippen molar-refractivity contribution >= 4 is 39.3 Å². The van der Waals surface area contributed by atoms with E-state index < -0.39 is 22.0 Å². The second-order valence-corrected chi connectivity index (χ2v) is 8.36. The number of benzene rings is 1. The molecule has 1 aliphatic rings. The molecule has 1 aromatic rings. The molecule has 9 nitrogen and oxygen atoms in total. The van der Waals surface area contributed by atoms with Gasteiger partial charge in [0.25, 0.3) is 0 Å². The van der Waals surface area contributed by atoms with Crippen LogP contribution in [0.4, 0.5) is 0 Å². The van der Waals surface area contributed by atoms with Gasteiger partial charge < -0.3 is 15.5 Å². The van der Waals surface area contributed by atoms with Crippen LogP contribution in [0.2, 0.25) is 5.02 Å².